The molecule has 1 aromatic carbocycles. The van der Waals surface area contributed by atoms with Gasteiger partial charge in [-0.1, -0.05) is 70.2 Å². The largest absolute Gasteiger partial charge is 0.348 e. The number of benzene rings is 1. The van der Waals surface area contributed by atoms with Crippen LogP contribution in [0.2, 0.25) is 0 Å². The zero-order chi connectivity index (χ0) is 20.5. The first-order valence-corrected chi connectivity index (χ1v) is 11.9. The molecule has 1 saturated heterocycles. The molecule has 29 heavy (non-hydrogen) atoms. The maximum atomic E-state index is 9.71. The Kier molecular flexibility index (Phi) is 8.57. The fourth-order valence-corrected chi connectivity index (χ4v) is 4.95. The van der Waals surface area contributed by atoms with Crippen LogP contribution in [0.15, 0.2) is 24.3 Å². The zero-order valence-electron chi connectivity index (χ0n) is 18.5. The van der Waals surface area contributed by atoms with E-state index < -0.39 is 0 Å². The third-order valence-electron chi connectivity index (χ3n) is 7.05. The first-order chi connectivity index (χ1) is 14.2. The quantitative estimate of drug-likeness (QED) is 0.411. The lowest BCUT2D eigenvalue weighted by Gasteiger charge is -2.35. The van der Waals surface area contributed by atoms with E-state index in [-0.39, 0.29) is 11.7 Å². The summed E-state index contributed by atoms with van der Waals surface area (Å²) in [6.45, 7) is 6.08. The molecule has 0 radical (unpaired) electrons. The van der Waals surface area contributed by atoms with Gasteiger partial charge >= 0.3 is 0 Å². The monoisotopic (exact) mass is 397 g/mol. The number of unbranched alkanes of at least 4 members (excludes halogenated alkanes) is 3. The molecule has 1 aromatic rings. The van der Waals surface area contributed by atoms with Crippen molar-refractivity contribution in [1.29, 1.82) is 5.26 Å². The summed E-state index contributed by atoms with van der Waals surface area (Å²) >= 11 is 0. The van der Waals surface area contributed by atoms with E-state index in [0.29, 0.717) is 11.8 Å². The Balaban J connectivity index is 1.48. The molecule has 1 saturated carbocycles. The van der Waals surface area contributed by atoms with E-state index >= 15 is 0 Å². The van der Waals surface area contributed by atoms with Crippen LogP contribution in [-0.2, 0) is 9.47 Å². The summed E-state index contributed by atoms with van der Waals surface area (Å²) in [5.41, 5.74) is 2.47. The molecule has 0 unspecified atom stereocenters. The standard InChI is InChI=1S/C26H39NO2/c1-3-5-7-8-21-18-28-25(29-19-21)24-11-9-22(10-12-24)23-13-16-26(20-27,17-14-23)15-6-4-2/h9-12,21,23,25H,3-8,13-19H2,1-2H3. The van der Waals surface area contributed by atoms with E-state index in [4.69, 9.17) is 9.47 Å². The van der Waals surface area contributed by atoms with Gasteiger partial charge in [-0.15, -0.1) is 0 Å². The highest BCUT2D eigenvalue weighted by Crippen LogP contribution is 2.45. The Bertz CT molecular complexity index is 632. The van der Waals surface area contributed by atoms with E-state index in [9.17, 15) is 5.26 Å². The fourth-order valence-electron chi connectivity index (χ4n) is 4.95. The highest BCUT2D eigenvalue weighted by Gasteiger charge is 2.35. The molecule has 160 valence electrons. The number of nitrogens with zero attached hydrogens (tertiary/aromatic N) is 1. The van der Waals surface area contributed by atoms with Crippen LogP contribution in [0.25, 0.3) is 0 Å². The van der Waals surface area contributed by atoms with Crippen molar-refractivity contribution in [3.05, 3.63) is 35.4 Å². The Hall–Kier alpha value is -1.37. The lowest BCUT2D eigenvalue weighted by atomic mass is 9.67. The average Bonchev–Trinajstić information content (AvgIpc) is 2.79. The molecule has 3 rings (SSSR count). The normalized spacial score (nSPS) is 30.0. The maximum absolute atomic E-state index is 9.71. The van der Waals surface area contributed by atoms with Gasteiger partial charge < -0.3 is 9.47 Å². The van der Waals surface area contributed by atoms with Crippen LogP contribution in [0.5, 0.6) is 0 Å². The van der Waals surface area contributed by atoms with Crippen molar-refractivity contribution in [3.63, 3.8) is 0 Å². The summed E-state index contributed by atoms with van der Waals surface area (Å²) in [5, 5.41) is 9.71. The van der Waals surface area contributed by atoms with Gasteiger partial charge in [-0.3, -0.25) is 0 Å². The lowest BCUT2D eigenvalue weighted by molar-refractivity contribution is -0.206. The molecule has 3 heteroatoms. The first-order valence-electron chi connectivity index (χ1n) is 11.9. The predicted octanol–water partition coefficient (Wildman–Crippen LogP) is 7.29. The van der Waals surface area contributed by atoms with Crippen molar-refractivity contribution < 1.29 is 9.47 Å². The zero-order valence-corrected chi connectivity index (χ0v) is 18.5. The van der Waals surface area contributed by atoms with Crippen molar-refractivity contribution >= 4 is 0 Å². The van der Waals surface area contributed by atoms with Crippen LogP contribution >= 0.6 is 0 Å². The third kappa shape index (κ3) is 6.06. The van der Waals surface area contributed by atoms with E-state index in [2.05, 4.69) is 44.2 Å². The predicted molar refractivity (Wildman–Crippen MR) is 117 cm³/mol. The Morgan fingerprint density at radius 3 is 2.14 bits per heavy atom. The molecule has 0 bridgehead atoms. The molecular formula is C26H39NO2. The molecule has 2 fully saturated rings. The van der Waals surface area contributed by atoms with Gasteiger partial charge in [0.05, 0.1) is 24.7 Å². The molecule has 0 aromatic heterocycles. The van der Waals surface area contributed by atoms with E-state index in [1.165, 1.54) is 44.1 Å². The average molecular weight is 398 g/mol. The molecular weight excluding hydrogens is 358 g/mol. The summed E-state index contributed by atoms with van der Waals surface area (Å²) in [4.78, 5) is 0. The topological polar surface area (TPSA) is 42.2 Å². The molecule has 0 amide bonds. The number of hydrogen-bond acceptors (Lipinski definition) is 3. The van der Waals surface area contributed by atoms with Gasteiger partial charge in [0.15, 0.2) is 6.29 Å². The summed E-state index contributed by atoms with van der Waals surface area (Å²) in [5.74, 6) is 1.13. The molecule has 0 N–H and O–H groups in total. The van der Waals surface area contributed by atoms with Crippen LogP contribution in [0, 0.1) is 22.7 Å². The second-order valence-corrected chi connectivity index (χ2v) is 9.30. The van der Waals surface area contributed by atoms with Crippen molar-refractivity contribution in [3.8, 4) is 6.07 Å². The SMILES string of the molecule is CCCCCC1COC(c2ccc(C3CCC(C#N)(CCCC)CC3)cc2)OC1. The second kappa shape index (κ2) is 11.1. The summed E-state index contributed by atoms with van der Waals surface area (Å²) in [6, 6.07) is 11.5. The van der Waals surface area contributed by atoms with Gasteiger partial charge in [0.1, 0.15) is 0 Å². The van der Waals surface area contributed by atoms with Crippen molar-refractivity contribution in [2.45, 2.75) is 96.7 Å². The Labute approximate surface area is 177 Å². The van der Waals surface area contributed by atoms with Crippen LogP contribution < -0.4 is 0 Å². The molecule has 1 aliphatic heterocycles. The Morgan fingerprint density at radius 2 is 1.55 bits per heavy atom. The smallest absolute Gasteiger partial charge is 0.183 e. The molecule has 1 heterocycles. The fraction of sp³-hybridized carbons (Fsp3) is 0.731. The number of ether oxygens (including phenoxy) is 2. The number of rotatable bonds is 9. The molecule has 3 nitrogen and oxygen atoms in total. The molecule has 1 aliphatic carbocycles. The van der Waals surface area contributed by atoms with Gasteiger partial charge in [0.25, 0.3) is 0 Å². The first kappa shape index (κ1) is 22.3. The minimum Gasteiger partial charge on any atom is -0.348 e. The van der Waals surface area contributed by atoms with Crippen molar-refractivity contribution in [2.75, 3.05) is 13.2 Å². The number of hydrogen-bond donors (Lipinski definition) is 0. The van der Waals surface area contributed by atoms with E-state index in [0.717, 1.165) is 50.9 Å². The Morgan fingerprint density at radius 1 is 0.931 bits per heavy atom. The van der Waals surface area contributed by atoms with Crippen molar-refractivity contribution in [2.24, 2.45) is 11.3 Å². The third-order valence-corrected chi connectivity index (χ3v) is 7.05. The van der Waals surface area contributed by atoms with Crippen LogP contribution in [0.4, 0.5) is 0 Å². The van der Waals surface area contributed by atoms with E-state index in [1.807, 2.05) is 0 Å². The van der Waals surface area contributed by atoms with Crippen LogP contribution in [0.3, 0.4) is 0 Å². The summed E-state index contributed by atoms with van der Waals surface area (Å²) < 4.78 is 12.0. The van der Waals surface area contributed by atoms with Crippen LogP contribution in [-0.4, -0.2) is 13.2 Å². The summed E-state index contributed by atoms with van der Waals surface area (Å²) in [7, 11) is 0. The van der Waals surface area contributed by atoms with Gasteiger partial charge in [-0.2, -0.15) is 5.26 Å². The van der Waals surface area contributed by atoms with Crippen LogP contribution in [0.1, 0.15) is 108 Å². The van der Waals surface area contributed by atoms with Gasteiger partial charge in [-0.05, 0) is 50.0 Å². The molecule has 0 atom stereocenters. The van der Waals surface area contributed by atoms with Gasteiger partial charge in [0.2, 0.25) is 0 Å². The highest BCUT2D eigenvalue weighted by molar-refractivity contribution is 5.27. The van der Waals surface area contributed by atoms with Gasteiger partial charge in [0, 0.05) is 11.5 Å². The van der Waals surface area contributed by atoms with E-state index in [1.54, 1.807) is 0 Å². The number of nitriles is 1. The highest BCUT2D eigenvalue weighted by atomic mass is 16.7. The summed E-state index contributed by atoms with van der Waals surface area (Å²) in [6.07, 6.45) is 12.6. The molecule has 2 aliphatic rings. The minimum absolute atomic E-state index is 0.0656. The second-order valence-electron chi connectivity index (χ2n) is 9.30. The van der Waals surface area contributed by atoms with Gasteiger partial charge in [-0.25, -0.2) is 0 Å². The lowest BCUT2D eigenvalue weighted by Crippen LogP contribution is -2.27. The minimum atomic E-state index is -0.210. The van der Waals surface area contributed by atoms with Crippen molar-refractivity contribution in [1.82, 2.24) is 0 Å². The molecule has 0 spiro atoms. The maximum Gasteiger partial charge on any atom is 0.183 e.